The van der Waals surface area contributed by atoms with Crippen LogP contribution in [0.25, 0.3) is 10.1 Å². The summed E-state index contributed by atoms with van der Waals surface area (Å²) >= 11 is 1.42. The van der Waals surface area contributed by atoms with Gasteiger partial charge in [-0.15, -0.1) is 11.3 Å². The monoisotopic (exact) mass is 303 g/mol. The second-order valence-electron chi connectivity index (χ2n) is 6.65. The summed E-state index contributed by atoms with van der Waals surface area (Å²) in [7, 11) is 0. The first kappa shape index (κ1) is 14.3. The zero-order chi connectivity index (χ0) is 15.0. The van der Waals surface area contributed by atoms with Crippen LogP contribution < -0.4 is 11.1 Å². The SMILES string of the molecule is CC1(C)CCCC(NC(=O)c2sc3cnccc3c2N)C1. The Labute approximate surface area is 128 Å². The Morgan fingerprint density at radius 2 is 2.33 bits per heavy atom. The number of fused-ring (bicyclic) bond motifs is 1. The fraction of sp³-hybridized carbons (Fsp3) is 0.500. The quantitative estimate of drug-likeness (QED) is 0.891. The summed E-state index contributed by atoms with van der Waals surface area (Å²) in [5.74, 6) is -0.0450. The van der Waals surface area contributed by atoms with Gasteiger partial charge in [0.05, 0.1) is 10.4 Å². The molecule has 1 aliphatic carbocycles. The van der Waals surface area contributed by atoms with E-state index >= 15 is 0 Å². The first-order valence-corrected chi connectivity index (χ1v) is 8.21. The highest BCUT2D eigenvalue weighted by atomic mass is 32.1. The molecule has 4 nitrogen and oxygen atoms in total. The molecule has 0 bridgehead atoms. The minimum absolute atomic E-state index is 0.0450. The van der Waals surface area contributed by atoms with E-state index < -0.39 is 0 Å². The lowest BCUT2D eigenvalue weighted by molar-refractivity contribution is 0.0907. The van der Waals surface area contributed by atoms with Gasteiger partial charge in [0.25, 0.3) is 5.91 Å². The molecule has 0 radical (unpaired) electrons. The molecule has 0 spiro atoms. The van der Waals surface area contributed by atoms with Gasteiger partial charge in [0.15, 0.2) is 0 Å². The smallest absolute Gasteiger partial charge is 0.263 e. The molecule has 3 N–H and O–H groups in total. The second kappa shape index (κ2) is 5.30. The number of rotatable bonds is 2. The molecule has 1 atom stereocenters. The molecular formula is C16H21N3OS. The predicted molar refractivity (Wildman–Crippen MR) is 87.5 cm³/mol. The van der Waals surface area contributed by atoms with Crippen molar-refractivity contribution in [2.75, 3.05) is 5.73 Å². The summed E-state index contributed by atoms with van der Waals surface area (Å²) < 4.78 is 0.962. The molecule has 21 heavy (non-hydrogen) atoms. The minimum atomic E-state index is -0.0450. The maximum atomic E-state index is 12.5. The van der Waals surface area contributed by atoms with E-state index in [9.17, 15) is 4.79 Å². The van der Waals surface area contributed by atoms with Crippen molar-refractivity contribution in [3.05, 3.63) is 23.3 Å². The third-order valence-electron chi connectivity index (χ3n) is 4.28. The Morgan fingerprint density at radius 3 is 3.05 bits per heavy atom. The van der Waals surface area contributed by atoms with E-state index in [4.69, 9.17) is 5.73 Å². The van der Waals surface area contributed by atoms with Gasteiger partial charge in [-0.2, -0.15) is 0 Å². The Hall–Kier alpha value is -1.62. The van der Waals surface area contributed by atoms with E-state index in [1.807, 2.05) is 6.07 Å². The zero-order valence-electron chi connectivity index (χ0n) is 12.5. The standard InChI is InChI=1S/C16H21N3OS/c1-16(2)6-3-4-10(8-16)19-15(20)14-13(17)11-5-7-18-9-12(11)21-14/h5,7,9-10H,3-4,6,8,17H2,1-2H3,(H,19,20). The van der Waals surface area contributed by atoms with Crippen molar-refractivity contribution in [3.8, 4) is 0 Å². The number of nitrogens with zero attached hydrogens (tertiary/aromatic N) is 1. The summed E-state index contributed by atoms with van der Waals surface area (Å²) in [5.41, 5.74) is 7.01. The Balaban J connectivity index is 1.79. The number of thiophene rings is 1. The van der Waals surface area contributed by atoms with Crippen LogP contribution in [0, 0.1) is 5.41 Å². The number of amides is 1. The molecule has 5 heteroatoms. The molecule has 0 saturated heterocycles. The molecule has 112 valence electrons. The highest BCUT2D eigenvalue weighted by Crippen LogP contribution is 2.36. The molecule has 1 aliphatic rings. The number of nitrogens with one attached hydrogen (secondary N) is 1. The van der Waals surface area contributed by atoms with Crippen LogP contribution in [-0.2, 0) is 0 Å². The van der Waals surface area contributed by atoms with Crippen molar-refractivity contribution >= 4 is 33.0 Å². The molecule has 2 heterocycles. The number of hydrogen-bond donors (Lipinski definition) is 2. The molecule has 0 aromatic carbocycles. The summed E-state index contributed by atoms with van der Waals surface area (Å²) in [6.07, 6.45) is 7.96. The van der Waals surface area contributed by atoms with Gasteiger partial charge in [0, 0.05) is 23.8 Å². The fourth-order valence-corrected chi connectivity index (χ4v) is 4.21. The molecular weight excluding hydrogens is 282 g/mol. The number of carbonyl (C=O) groups excluding carboxylic acids is 1. The highest BCUT2D eigenvalue weighted by molar-refractivity contribution is 7.21. The summed E-state index contributed by atoms with van der Waals surface area (Å²) in [6, 6.07) is 2.12. The molecule has 1 saturated carbocycles. The van der Waals surface area contributed by atoms with Crippen LogP contribution in [0.15, 0.2) is 18.5 Å². The van der Waals surface area contributed by atoms with Crippen molar-refractivity contribution in [2.24, 2.45) is 5.41 Å². The van der Waals surface area contributed by atoms with Gasteiger partial charge in [0.2, 0.25) is 0 Å². The topological polar surface area (TPSA) is 68.0 Å². The highest BCUT2D eigenvalue weighted by Gasteiger charge is 2.29. The predicted octanol–water partition coefficient (Wildman–Crippen LogP) is 3.58. The minimum Gasteiger partial charge on any atom is -0.397 e. The van der Waals surface area contributed by atoms with Gasteiger partial charge < -0.3 is 11.1 Å². The normalized spacial score (nSPS) is 21.3. The number of nitrogens with two attached hydrogens (primary N) is 1. The molecule has 1 unspecified atom stereocenters. The van der Waals surface area contributed by atoms with Crippen LogP contribution in [0.3, 0.4) is 0 Å². The van der Waals surface area contributed by atoms with Gasteiger partial charge >= 0.3 is 0 Å². The van der Waals surface area contributed by atoms with Gasteiger partial charge in [-0.3, -0.25) is 9.78 Å². The third kappa shape index (κ3) is 2.88. The van der Waals surface area contributed by atoms with Gasteiger partial charge in [0.1, 0.15) is 4.88 Å². The number of nitrogen functional groups attached to an aromatic ring is 1. The van der Waals surface area contributed by atoms with E-state index in [0.29, 0.717) is 16.0 Å². The summed E-state index contributed by atoms with van der Waals surface area (Å²) in [5, 5.41) is 4.08. The van der Waals surface area contributed by atoms with E-state index in [2.05, 4.69) is 24.1 Å². The average Bonchev–Trinajstić information content (AvgIpc) is 2.76. The molecule has 0 aliphatic heterocycles. The van der Waals surface area contributed by atoms with E-state index in [-0.39, 0.29) is 11.9 Å². The average molecular weight is 303 g/mol. The van der Waals surface area contributed by atoms with E-state index in [0.717, 1.165) is 22.9 Å². The molecule has 2 aromatic heterocycles. The Bertz CT molecular complexity index is 677. The lowest BCUT2D eigenvalue weighted by Gasteiger charge is -2.35. The van der Waals surface area contributed by atoms with Gasteiger partial charge in [-0.25, -0.2) is 0 Å². The van der Waals surface area contributed by atoms with Crippen molar-refractivity contribution in [2.45, 2.75) is 45.6 Å². The Morgan fingerprint density at radius 1 is 1.52 bits per heavy atom. The first-order valence-electron chi connectivity index (χ1n) is 7.39. The van der Waals surface area contributed by atoms with Crippen LogP contribution in [0.2, 0.25) is 0 Å². The first-order chi connectivity index (χ1) is 9.96. The molecule has 1 amide bonds. The Kier molecular flexibility index (Phi) is 3.61. The van der Waals surface area contributed by atoms with Crippen LogP contribution in [0.5, 0.6) is 0 Å². The maximum Gasteiger partial charge on any atom is 0.263 e. The van der Waals surface area contributed by atoms with Crippen LogP contribution >= 0.6 is 11.3 Å². The van der Waals surface area contributed by atoms with Crippen molar-refractivity contribution in [1.82, 2.24) is 10.3 Å². The van der Waals surface area contributed by atoms with E-state index in [1.165, 1.54) is 24.2 Å². The molecule has 3 rings (SSSR count). The number of carbonyl (C=O) groups is 1. The number of pyridine rings is 1. The van der Waals surface area contributed by atoms with Gasteiger partial charge in [-0.1, -0.05) is 20.3 Å². The number of anilines is 1. The van der Waals surface area contributed by atoms with Crippen LogP contribution in [0.1, 0.15) is 49.2 Å². The maximum absolute atomic E-state index is 12.5. The number of aromatic nitrogens is 1. The lowest BCUT2D eigenvalue weighted by Crippen LogP contribution is -2.40. The van der Waals surface area contributed by atoms with Gasteiger partial charge in [-0.05, 0) is 30.7 Å². The summed E-state index contributed by atoms with van der Waals surface area (Å²) in [6.45, 7) is 4.54. The van der Waals surface area contributed by atoms with Crippen molar-refractivity contribution in [1.29, 1.82) is 0 Å². The molecule has 2 aromatic rings. The lowest BCUT2D eigenvalue weighted by atomic mass is 9.75. The largest absolute Gasteiger partial charge is 0.397 e. The van der Waals surface area contributed by atoms with Crippen LogP contribution in [-0.4, -0.2) is 16.9 Å². The molecule has 1 fully saturated rings. The number of hydrogen-bond acceptors (Lipinski definition) is 4. The zero-order valence-corrected chi connectivity index (χ0v) is 13.3. The second-order valence-corrected chi connectivity index (χ2v) is 7.70. The van der Waals surface area contributed by atoms with Crippen LogP contribution in [0.4, 0.5) is 5.69 Å². The van der Waals surface area contributed by atoms with Crippen molar-refractivity contribution < 1.29 is 4.79 Å². The summed E-state index contributed by atoms with van der Waals surface area (Å²) in [4.78, 5) is 17.2. The van der Waals surface area contributed by atoms with E-state index in [1.54, 1.807) is 12.4 Å². The third-order valence-corrected chi connectivity index (χ3v) is 5.43. The van der Waals surface area contributed by atoms with Crippen molar-refractivity contribution in [3.63, 3.8) is 0 Å². The fourth-order valence-electron chi connectivity index (χ4n) is 3.21.